The number of rotatable bonds is 4. The van der Waals surface area contributed by atoms with Crippen LogP contribution >= 0.6 is 0 Å². The number of benzene rings is 1. The molecule has 2 aliphatic rings. The van der Waals surface area contributed by atoms with E-state index in [1.165, 1.54) is 11.2 Å². The van der Waals surface area contributed by atoms with E-state index in [0.29, 0.717) is 24.7 Å². The van der Waals surface area contributed by atoms with Crippen molar-refractivity contribution in [2.24, 2.45) is 0 Å². The highest BCUT2D eigenvalue weighted by Gasteiger charge is 2.53. The van der Waals surface area contributed by atoms with Gasteiger partial charge in [-0.3, -0.25) is 14.5 Å². The third-order valence-corrected chi connectivity index (χ3v) is 5.54. The van der Waals surface area contributed by atoms with E-state index in [0.717, 1.165) is 31.4 Å². The number of hydrogen-bond donors (Lipinski definition) is 1. The summed E-state index contributed by atoms with van der Waals surface area (Å²) in [5.41, 5.74) is -1.06. The Kier molecular flexibility index (Phi) is 5.36. The number of hydrogen-bond acceptors (Lipinski definition) is 4. The molecular formula is C21H22F2N2O4. The SMILES string of the molecule is O=C(NCc1ccco1)C1COC2(CCCCC2)N1C(=O)c1cc(F)cc(F)c1. The van der Waals surface area contributed by atoms with Crippen LogP contribution in [-0.2, 0) is 16.1 Å². The van der Waals surface area contributed by atoms with Gasteiger partial charge in [0.2, 0.25) is 5.91 Å². The summed E-state index contributed by atoms with van der Waals surface area (Å²) in [7, 11) is 0. The molecule has 0 radical (unpaired) electrons. The highest BCUT2D eigenvalue weighted by Crippen LogP contribution is 2.41. The molecule has 8 heteroatoms. The van der Waals surface area contributed by atoms with Crippen molar-refractivity contribution < 1.29 is 27.5 Å². The topological polar surface area (TPSA) is 71.8 Å². The lowest BCUT2D eigenvalue weighted by atomic mass is 9.89. The lowest BCUT2D eigenvalue weighted by Gasteiger charge is -2.41. The van der Waals surface area contributed by atoms with Crippen LogP contribution in [0.4, 0.5) is 8.78 Å². The number of amides is 2. The van der Waals surface area contributed by atoms with Crippen LogP contribution in [0.3, 0.4) is 0 Å². The fourth-order valence-electron chi connectivity index (χ4n) is 4.19. The zero-order chi connectivity index (χ0) is 20.4. The molecule has 1 aliphatic carbocycles. The summed E-state index contributed by atoms with van der Waals surface area (Å²) in [6.07, 6.45) is 5.38. The average molecular weight is 404 g/mol. The van der Waals surface area contributed by atoms with Gasteiger partial charge in [-0.1, -0.05) is 6.42 Å². The first kappa shape index (κ1) is 19.6. The number of carbonyl (C=O) groups excluding carboxylic acids is 2. The smallest absolute Gasteiger partial charge is 0.257 e. The first-order valence-corrected chi connectivity index (χ1v) is 9.72. The van der Waals surface area contributed by atoms with E-state index in [4.69, 9.17) is 9.15 Å². The van der Waals surface area contributed by atoms with Gasteiger partial charge in [0, 0.05) is 11.6 Å². The Labute approximate surface area is 166 Å². The number of halogens is 2. The number of nitrogens with zero attached hydrogens (tertiary/aromatic N) is 1. The lowest BCUT2D eigenvalue weighted by molar-refractivity contribution is -0.127. The monoisotopic (exact) mass is 404 g/mol. The molecule has 1 N–H and O–H groups in total. The predicted octanol–water partition coefficient (Wildman–Crippen LogP) is 3.38. The van der Waals surface area contributed by atoms with E-state index in [1.807, 2.05) is 0 Å². The quantitative estimate of drug-likeness (QED) is 0.848. The van der Waals surface area contributed by atoms with Gasteiger partial charge in [-0.25, -0.2) is 8.78 Å². The van der Waals surface area contributed by atoms with Crippen LogP contribution in [0.2, 0.25) is 0 Å². The molecule has 6 nitrogen and oxygen atoms in total. The number of nitrogens with one attached hydrogen (secondary N) is 1. The molecule has 2 heterocycles. The Balaban J connectivity index is 1.61. The molecular weight excluding hydrogens is 382 g/mol. The molecule has 1 aliphatic heterocycles. The van der Waals surface area contributed by atoms with Crippen LogP contribution < -0.4 is 5.32 Å². The second-order valence-electron chi connectivity index (χ2n) is 7.46. The van der Waals surface area contributed by atoms with Gasteiger partial charge in [0.25, 0.3) is 5.91 Å². The summed E-state index contributed by atoms with van der Waals surface area (Å²) >= 11 is 0. The zero-order valence-corrected chi connectivity index (χ0v) is 15.8. The maximum atomic E-state index is 13.7. The molecule has 1 unspecified atom stereocenters. The van der Waals surface area contributed by atoms with Gasteiger partial charge < -0.3 is 14.5 Å². The number of ether oxygens (including phenoxy) is 1. The minimum Gasteiger partial charge on any atom is -0.467 e. The van der Waals surface area contributed by atoms with E-state index < -0.39 is 35.2 Å². The fraction of sp³-hybridized carbons (Fsp3) is 0.429. The average Bonchev–Trinajstić information content (AvgIpc) is 3.34. The van der Waals surface area contributed by atoms with Crippen molar-refractivity contribution >= 4 is 11.8 Å². The van der Waals surface area contributed by atoms with E-state index in [2.05, 4.69) is 5.32 Å². The second kappa shape index (κ2) is 7.94. The molecule has 1 aromatic heterocycles. The molecule has 1 atom stereocenters. The largest absolute Gasteiger partial charge is 0.467 e. The third-order valence-electron chi connectivity index (χ3n) is 5.54. The molecule has 0 bridgehead atoms. The highest BCUT2D eigenvalue weighted by atomic mass is 19.1. The Morgan fingerprint density at radius 2 is 1.86 bits per heavy atom. The van der Waals surface area contributed by atoms with E-state index in [-0.39, 0.29) is 18.7 Å². The number of carbonyl (C=O) groups is 2. The van der Waals surface area contributed by atoms with Crippen molar-refractivity contribution in [3.63, 3.8) is 0 Å². The van der Waals surface area contributed by atoms with Crippen LogP contribution in [0.25, 0.3) is 0 Å². The van der Waals surface area contributed by atoms with Gasteiger partial charge in [0.05, 0.1) is 19.4 Å². The first-order chi connectivity index (χ1) is 14.0. The van der Waals surface area contributed by atoms with E-state index in [9.17, 15) is 18.4 Å². The molecule has 154 valence electrons. The zero-order valence-electron chi connectivity index (χ0n) is 15.8. The Morgan fingerprint density at radius 1 is 1.14 bits per heavy atom. The molecule has 29 heavy (non-hydrogen) atoms. The normalized spacial score (nSPS) is 20.8. The lowest BCUT2D eigenvalue weighted by Crippen LogP contribution is -2.56. The minimum absolute atomic E-state index is 0.0352. The minimum atomic E-state index is -0.926. The molecule has 2 aromatic rings. The van der Waals surface area contributed by atoms with Crippen molar-refractivity contribution in [2.75, 3.05) is 6.61 Å². The summed E-state index contributed by atoms with van der Waals surface area (Å²) in [6.45, 7) is 0.208. The molecule has 1 saturated heterocycles. The van der Waals surface area contributed by atoms with Crippen LogP contribution in [-0.4, -0.2) is 35.1 Å². The Hall–Kier alpha value is -2.74. The van der Waals surface area contributed by atoms with E-state index in [1.54, 1.807) is 12.1 Å². The van der Waals surface area contributed by atoms with Crippen molar-refractivity contribution in [2.45, 2.75) is 50.4 Å². The Morgan fingerprint density at radius 3 is 2.52 bits per heavy atom. The van der Waals surface area contributed by atoms with Crippen LogP contribution in [0.1, 0.15) is 48.2 Å². The van der Waals surface area contributed by atoms with Crippen LogP contribution in [0.15, 0.2) is 41.0 Å². The van der Waals surface area contributed by atoms with Crippen molar-refractivity contribution in [1.82, 2.24) is 10.2 Å². The van der Waals surface area contributed by atoms with Crippen LogP contribution in [0.5, 0.6) is 0 Å². The molecule has 2 fully saturated rings. The standard InChI is InChI=1S/C21H22F2N2O4/c22-15-9-14(10-16(23)11-15)20(27)25-18(13-29-21(25)6-2-1-3-7-21)19(26)24-12-17-5-4-8-28-17/h4-5,8-11,18H,1-3,6-7,12-13H2,(H,24,26). The Bertz CT molecular complexity index is 874. The fourth-order valence-corrected chi connectivity index (χ4v) is 4.19. The first-order valence-electron chi connectivity index (χ1n) is 9.72. The maximum absolute atomic E-state index is 13.7. The molecule has 1 aromatic carbocycles. The van der Waals surface area contributed by atoms with Crippen molar-refractivity contribution in [3.05, 3.63) is 59.6 Å². The van der Waals surface area contributed by atoms with Gasteiger partial charge in [-0.2, -0.15) is 0 Å². The summed E-state index contributed by atoms with van der Waals surface area (Å²) in [5, 5.41) is 2.75. The summed E-state index contributed by atoms with van der Waals surface area (Å²) < 4.78 is 38.6. The van der Waals surface area contributed by atoms with E-state index >= 15 is 0 Å². The second-order valence-corrected chi connectivity index (χ2v) is 7.46. The van der Waals surface area contributed by atoms with Gasteiger partial charge in [0.15, 0.2) is 0 Å². The van der Waals surface area contributed by atoms with Gasteiger partial charge in [-0.15, -0.1) is 0 Å². The molecule has 4 rings (SSSR count). The van der Waals surface area contributed by atoms with Gasteiger partial charge in [0.1, 0.15) is 29.2 Å². The third kappa shape index (κ3) is 3.89. The highest BCUT2D eigenvalue weighted by molar-refractivity contribution is 5.98. The maximum Gasteiger partial charge on any atom is 0.257 e. The van der Waals surface area contributed by atoms with Crippen molar-refractivity contribution in [1.29, 1.82) is 0 Å². The predicted molar refractivity (Wildman–Crippen MR) is 98.6 cm³/mol. The molecule has 1 saturated carbocycles. The summed E-state index contributed by atoms with van der Waals surface area (Å²) in [4.78, 5) is 27.5. The molecule has 2 amide bonds. The van der Waals surface area contributed by atoms with Crippen LogP contribution in [0, 0.1) is 11.6 Å². The number of furan rings is 1. The van der Waals surface area contributed by atoms with Gasteiger partial charge in [-0.05, 0) is 49.9 Å². The van der Waals surface area contributed by atoms with Gasteiger partial charge >= 0.3 is 0 Å². The van der Waals surface area contributed by atoms with Crippen molar-refractivity contribution in [3.8, 4) is 0 Å². The molecule has 1 spiro atoms. The summed E-state index contributed by atoms with van der Waals surface area (Å²) in [5.74, 6) is -2.11. The summed E-state index contributed by atoms with van der Waals surface area (Å²) in [6, 6.07) is 5.23.